The highest BCUT2D eigenvalue weighted by atomic mass is 32.2. The predicted octanol–water partition coefficient (Wildman–Crippen LogP) is 3.28. The van der Waals surface area contributed by atoms with E-state index in [1.54, 1.807) is 61.3 Å². The maximum Gasteiger partial charge on any atom is 0.329 e. The molecule has 6 nitrogen and oxygen atoms in total. The minimum absolute atomic E-state index is 0.324. The molecule has 0 aromatic heterocycles. The van der Waals surface area contributed by atoms with Gasteiger partial charge < -0.3 is 14.8 Å². The van der Waals surface area contributed by atoms with Gasteiger partial charge in [-0.3, -0.25) is 9.59 Å². The Morgan fingerprint density at radius 1 is 1.07 bits per heavy atom. The summed E-state index contributed by atoms with van der Waals surface area (Å²) in [6, 6.07) is 12.8. The number of ketones is 1. The van der Waals surface area contributed by atoms with Gasteiger partial charge in [0.25, 0.3) is 5.91 Å². The number of carbonyl (C=O) groups excluding carboxylic acids is 3. The van der Waals surface area contributed by atoms with Crippen LogP contribution in [0.2, 0.25) is 0 Å². The van der Waals surface area contributed by atoms with E-state index in [1.165, 1.54) is 0 Å². The molecule has 1 atom stereocenters. The van der Waals surface area contributed by atoms with Crippen molar-refractivity contribution in [3.8, 4) is 5.75 Å². The summed E-state index contributed by atoms with van der Waals surface area (Å²) in [5, 5.41) is 2.72. The number of rotatable bonds is 10. The van der Waals surface area contributed by atoms with Gasteiger partial charge in [0, 0.05) is 11.1 Å². The predicted molar refractivity (Wildman–Crippen MR) is 114 cm³/mol. The molecule has 0 saturated heterocycles. The highest BCUT2D eigenvalue weighted by molar-refractivity contribution is 7.98. The van der Waals surface area contributed by atoms with Gasteiger partial charge in [0.05, 0.1) is 7.11 Å². The lowest BCUT2D eigenvalue weighted by molar-refractivity contribution is -0.144. The van der Waals surface area contributed by atoms with Gasteiger partial charge in [-0.15, -0.1) is 0 Å². The number of methoxy groups -OCH3 is 1. The normalized spacial score (nSPS) is 11.4. The van der Waals surface area contributed by atoms with Crippen molar-refractivity contribution in [3.63, 3.8) is 0 Å². The van der Waals surface area contributed by atoms with E-state index < -0.39 is 12.0 Å². The standard InChI is InChI=1S/C22H25NO5S/c1-15-5-4-6-17(13-15)21(25)23-19(11-12-29-3)22(26)28-14-20(24)16-7-9-18(27-2)10-8-16/h4-10,13,19H,11-12,14H2,1-3H3,(H,23,25)/t19-/m1/s1. The maximum atomic E-state index is 12.5. The maximum absolute atomic E-state index is 12.5. The van der Waals surface area contributed by atoms with Crippen molar-refractivity contribution in [2.24, 2.45) is 0 Å². The van der Waals surface area contributed by atoms with Crippen molar-refractivity contribution in [2.75, 3.05) is 25.7 Å². The molecule has 2 aromatic rings. The number of amides is 1. The molecule has 1 N–H and O–H groups in total. The molecule has 0 aliphatic rings. The zero-order valence-electron chi connectivity index (χ0n) is 16.8. The van der Waals surface area contributed by atoms with Crippen molar-refractivity contribution in [2.45, 2.75) is 19.4 Å². The first-order valence-corrected chi connectivity index (χ1v) is 10.5. The van der Waals surface area contributed by atoms with Gasteiger partial charge in [-0.25, -0.2) is 4.79 Å². The molecule has 0 aliphatic heterocycles. The zero-order valence-corrected chi connectivity index (χ0v) is 17.6. The van der Waals surface area contributed by atoms with Crippen LogP contribution in [0.15, 0.2) is 48.5 Å². The zero-order chi connectivity index (χ0) is 21.2. The molecule has 0 bridgehead atoms. The Labute approximate surface area is 175 Å². The molecule has 29 heavy (non-hydrogen) atoms. The van der Waals surface area contributed by atoms with Crippen LogP contribution in [0.4, 0.5) is 0 Å². The minimum atomic E-state index is -0.820. The fraction of sp³-hybridized carbons (Fsp3) is 0.318. The van der Waals surface area contributed by atoms with Crippen LogP contribution in [0.25, 0.3) is 0 Å². The van der Waals surface area contributed by atoms with Gasteiger partial charge >= 0.3 is 5.97 Å². The first-order chi connectivity index (χ1) is 13.9. The number of benzene rings is 2. The summed E-state index contributed by atoms with van der Waals surface area (Å²) in [5.41, 5.74) is 1.84. The highest BCUT2D eigenvalue weighted by Gasteiger charge is 2.23. The molecule has 2 aromatic carbocycles. The summed E-state index contributed by atoms with van der Waals surface area (Å²) in [6.07, 6.45) is 2.33. The van der Waals surface area contributed by atoms with Crippen LogP contribution in [0.5, 0.6) is 5.75 Å². The van der Waals surface area contributed by atoms with Crippen molar-refractivity contribution in [3.05, 3.63) is 65.2 Å². The van der Waals surface area contributed by atoms with E-state index in [-0.39, 0.29) is 18.3 Å². The molecule has 0 radical (unpaired) electrons. The van der Waals surface area contributed by atoms with Crippen molar-refractivity contribution < 1.29 is 23.9 Å². The van der Waals surface area contributed by atoms with Crippen LogP contribution in [-0.2, 0) is 9.53 Å². The SMILES string of the molecule is COc1ccc(C(=O)COC(=O)[C@@H](CCSC)NC(=O)c2cccc(C)c2)cc1. The third-order valence-electron chi connectivity index (χ3n) is 4.24. The number of thioether (sulfide) groups is 1. The summed E-state index contributed by atoms with van der Waals surface area (Å²) >= 11 is 1.56. The number of carbonyl (C=O) groups is 3. The van der Waals surface area contributed by atoms with E-state index in [1.807, 2.05) is 19.2 Å². The molecule has 0 spiro atoms. The van der Waals surface area contributed by atoms with Crippen LogP contribution in [0.3, 0.4) is 0 Å². The van der Waals surface area contributed by atoms with Crippen molar-refractivity contribution >= 4 is 29.4 Å². The first-order valence-electron chi connectivity index (χ1n) is 9.15. The van der Waals surface area contributed by atoms with E-state index in [0.29, 0.717) is 29.1 Å². The lowest BCUT2D eigenvalue weighted by Gasteiger charge is -2.17. The number of aryl methyl sites for hydroxylation is 1. The van der Waals surface area contributed by atoms with Gasteiger partial charge in [-0.2, -0.15) is 11.8 Å². The topological polar surface area (TPSA) is 81.7 Å². The quantitative estimate of drug-likeness (QED) is 0.474. The molecule has 0 fully saturated rings. The number of hydrogen-bond donors (Lipinski definition) is 1. The molecule has 2 rings (SSSR count). The van der Waals surface area contributed by atoms with Gasteiger partial charge in [0.1, 0.15) is 11.8 Å². The molecular weight excluding hydrogens is 390 g/mol. The van der Waals surface area contributed by atoms with Crippen LogP contribution in [-0.4, -0.2) is 49.4 Å². The summed E-state index contributed by atoms with van der Waals surface area (Å²) in [6.45, 7) is 1.50. The van der Waals surface area contributed by atoms with Crippen LogP contribution in [0, 0.1) is 6.92 Å². The summed E-state index contributed by atoms with van der Waals surface area (Å²) < 4.78 is 10.2. The molecule has 0 aliphatic carbocycles. The monoisotopic (exact) mass is 415 g/mol. The van der Waals surface area contributed by atoms with Crippen molar-refractivity contribution in [1.29, 1.82) is 0 Å². The van der Waals surface area contributed by atoms with Crippen LogP contribution in [0.1, 0.15) is 32.7 Å². The molecule has 0 saturated carbocycles. The molecule has 0 unspecified atom stereocenters. The fourth-order valence-electron chi connectivity index (χ4n) is 2.61. The Hall–Kier alpha value is -2.80. The van der Waals surface area contributed by atoms with Crippen LogP contribution >= 0.6 is 11.8 Å². The molecular formula is C22H25NO5S. The number of Topliss-reactive ketones (excluding diaryl/α,β-unsaturated/α-hetero) is 1. The Kier molecular flexibility index (Phi) is 8.73. The van der Waals surface area contributed by atoms with Gasteiger partial charge in [0.15, 0.2) is 12.4 Å². The minimum Gasteiger partial charge on any atom is -0.497 e. The number of hydrogen-bond acceptors (Lipinski definition) is 6. The lowest BCUT2D eigenvalue weighted by atomic mass is 10.1. The first kappa shape index (κ1) is 22.5. The summed E-state index contributed by atoms with van der Waals surface area (Å²) in [4.78, 5) is 37.2. The number of esters is 1. The van der Waals surface area contributed by atoms with Crippen LogP contribution < -0.4 is 10.1 Å². The Morgan fingerprint density at radius 3 is 2.41 bits per heavy atom. The number of nitrogens with one attached hydrogen (secondary N) is 1. The average molecular weight is 416 g/mol. The number of ether oxygens (including phenoxy) is 2. The Balaban J connectivity index is 1.98. The molecule has 0 heterocycles. The van der Waals surface area contributed by atoms with E-state index >= 15 is 0 Å². The summed E-state index contributed by atoms with van der Waals surface area (Å²) in [5.74, 6) is 0.00428. The van der Waals surface area contributed by atoms with E-state index in [2.05, 4.69) is 5.32 Å². The van der Waals surface area contributed by atoms with Gasteiger partial charge in [0.2, 0.25) is 0 Å². The Morgan fingerprint density at radius 2 is 1.79 bits per heavy atom. The molecule has 1 amide bonds. The summed E-state index contributed by atoms with van der Waals surface area (Å²) in [7, 11) is 1.54. The van der Waals surface area contributed by atoms with E-state index in [4.69, 9.17) is 9.47 Å². The average Bonchev–Trinajstić information content (AvgIpc) is 2.74. The van der Waals surface area contributed by atoms with E-state index in [9.17, 15) is 14.4 Å². The molecule has 7 heteroatoms. The second kappa shape index (κ2) is 11.3. The fourth-order valence-corrected chi connectivity index (χ4v) is 3.08. The largest absolute Gasteiger partial charge is 0.497 e. The van der Waals surface area contributed by atoms with Gasteiger partial charge in [-0.1, -0.05) is 17.7 Å². The van der Waals surface area contributed by atoms with E-state index in [0.717, 1.165) is 5.56 Å². The third-order valence-corrected chi connectivity index (χ3v) is 4.88. The Bertz CT molecular complexity index is 851. The highest BCUT2D eigenvalue weighted by Crippen LogP contribution is 2.12. The smallest absolute Gasteiger partial charge is 0.329 e. The third kappa shape index (κ3) is 6.94. The second-order valence-electron chi connectivity index (χ2n) is 6.44. The lowest BCUT2D eigenvalue weighted by Crippen LogP contribution is -2.42. The van der Waals surface area contributed by atoms with Crippen molar-refractivity contribution in [1.82, 2.24) is 5.32 Å². The molecule has 154 valence electrons. The second-order valence-corrected chi connectivity index (χ2v) is 7.42. The van der Waals surface area contributed by atoms with Gasteiger partial charge in [-0.05, 0) is 61.8 Å².